The van der Waals surface area contributed by atoms with E-state index in [0.717, 1.165) is 5.56 Å². The van der Waals surface area contributed by atoms with E-state index >= 15 is 0 Å². The van der Waals surface area contributed by atoms with Crippen molar-refractivity contribution in [2.24, 2.45) is 0 Å². The molecule has 0 saturated carbocycles. The summed E-state index contributed by atoms with van der Waals surface area (Å²) in [6.45, 7) is 7.66. The number of sulfonamides is 1. The minimum atomic E-state index is -4.02. The average Bonchev–Trinajstić information content (AvgIpc) is 2.83. The van der Waals surface area contributed by atoms with E-state index in [4.69, 9.17) is 14.2 Å². The predicted molar refractivity (Wildman–Crippen MR) is 133 cm³/mol. The van der Waals surface area contributed by atoms with Crippen molar-refractivity contribution in [2.75, 3.05) is 25.0 Å². The lowest BCUT2D eigenvalue weighted by Crippen LogP contribution is -2.17. The van der Waals surface area contributed by atoms with Gasteiger partial charge in [-0.05, 0) is 35.2 Å². The van der Waals surface area contributed by atoms with Gasteiger partial charge in [0.1, 0.15) is 12.4 Å². The maximum absolute atomic E-state index is 13.3. The van der Waals surface area contributed by atoms with Gasteiger partial charge in [-0.2, -0.15) is 4.98 Å². The number of aromatic nitrogens is 2. The number of aliphatic hydroxyl groups is 1. The van der Waals surface area contributed by atoms with Gasteiger partial charge in [0.15, 0.2) is 17.3 Å². The average molecular weight is 502 g/mol. The quantitative estimate of drug-likeness (QED) is 0.422. The molecular weight excluding hydrogens is 470 g/mol. The fourth-order valence-electron chi connectivity index (χ4n) is 3.17. The van der Waals surface area contributed by atoms with E-state index in [2.05, 4.69) is 35.5 Å². The summed E-state index contributed by atoms with van der Waals surface area (Å²) in [5.41, 5.74) is 0.888. The summed E-state index contributed by atoms with van der Waals surface area (Å²) >= 11 is 0. The Bertz CT molecular complexity index is 1260. The molecule has 0 aliphatic rings. The zero-order valence-electron chi connectivity index (χ0n) is 20.5. The van der Waals surface area contributed by atoms with Crippen LogP contribution in [0.15, 0.2) is 53.4 Å². The molecule has 0 aliphatic carbocycles. The summed E-state index contributed by atoms with van der Waals surface area (Å²) in [6, 6.07) is 13.5. The van der Waals surface area contributed by atoms with Crippen LogP contribution >= 0.6 is 0 Å². The van der Waals surface area contributed by atoms with Crippen molar-refractivity contribution in [3.63, 3.8) is 0 Å². The van der Waals surface area contributed by atoms with E-state index in [9.17, 15) is 13.5 Å². The molecule has 0 bridgehead atoms. The van der Waals surface area contributed by atoms with E-state index in [1.807, 2.05) is 6.92 Å². The van der Waals surface area contributed by atoms with Gasteiger partial charge in [-0.3, -0.25) is 4.72 Å². The van der Waals surface area contributed by atoms with Crippen LogP contribution in [0.1, 0.15) is 39.1 Å². The second kappa shape index (κ2) is 10.9. The number of hydrogen-bond donors (Lipinski definition) is 2. The number of para-hydroxylation sites is 2. The standard InChI is InChI=1S/C25H31N3O6S/c1-6-21-26-23(28-35(30,31)18-13-11-17(12-14-18)25(2,3)4)22(24(27-21)33-16-15-29)34-20-10-8-7-9-19(20)32-5/h7-14,29H,6,15-16H2,1-5H3,(H,26,27,28). The Morgan fingerprint density at radius 1 is 1.00 bits per heavy atom. The number of anilines is 1. The van der Waals surface area contributed by atoms with Crippen LogP contribution in [0.3, 0.4) is 0 Å². The molecule has 0 spiro atoms. The van der Waals surface area contributed by atoms with Gasteiger partial charge in [0.2, 0.25) is 5.75 Å². The molecule has 3 aromatic rings. The highest BCUT2D eigenvalue weighted by molar-refractivity contribution is 7.92. The molecule has 9 nitrogen and oxygen atoms in total. The van der Waals surface area contributed by atoms with Crippen molar-refractivity contribution >= 4 is 15.8 Å². The normalized spacial score (nSPS) is 11.7. The third-order valence-corrected chi connectivity index (χ3v) is 6.42. The van der Waals surface area contributed by atoms with Gasteiger partial charge in [-0.15, -0.1) is 0 Å². The van der Waals surface area contributed by atoms with Crippen molar-refractivity contribution in [1.29, 1.82) is 0 Å². The van der Waals surface area contributed by atoms with Gasteiger partial charge in [0.25, 0.3) is 15.9 Å². The molecule has 0 unspecified atom stereocenters. The zero-order valence-corrected chi connectivity index (χ0v) is 21.3. The maximum atomic E-state index is 13.3. The monoisotopic (exact) mass is 501 g/mol. The highest BCUT2D eigenvalue weighted by atomic mass is 32.2. The first-order valence-electron chi connectivity index (χ1n) is 11.2. The van der Waals surface area contributed by atoms with Crippen LogP contribution < -0.4 is 18.9 Å². The number of ether oxygens (including phenoxy) is 3. The SMILES string of the molecule is CCc1nc(NS(=O)(=O)c2ccc(C(C)(C)C)cc2)c(Oc2ccccc2OC)c(OCCO)n1. The summed E-state index contributed by atoms with van der Waals surface area (Å²) in [4.78, 5) is 8.78. The Hall–Kier alpha value is -3.37. The largest absolute Gasteiger partial charge is 0.493 e. The molecule has 1 heterocycles. The first-order chi connectivity index (χ1) is 16.6. The Labute approximate surface area is 206 Å². The molecule has 0 amide bonds. The molecule has 35 heavy (non-hydrogen) atoms. The van der Waals surface area contributed by atoms with Crippen molar-refractivity contribution in [2.45, 2.75) is 44.4 Å². The highest BCUT2D eigenvalue weighted by Crippen LogP contribution is 2.40. The second-order valence-electron chi connectivity index (χ2n) is 8.68. The van der Waals surface area contributed by atoms with Crippen LogP contribution in [0.5, 0.6) is 23.1 Å². The molecule has 3 rings (SSSR count). The van der Waals surface area contributed by atoms with Crippen molar-refractivity contribution in [1.82, 2.24) is 9.97 Å². The minimum absolute atomic E-state index is 0.00223. The minimum Gasteiger partial charge on any atom is -0.493 e. The number of aryl methyl sites for hydroxylation is 1. The number of hydrogen-bond acceptors (Lipinski definition) is 8. The van der Waals surface area contributed by atoms with Crippen LogP contribution in [0, 0.1) is 0 Å². The molecular formula is C25H31N3O6S. The van der Waals surface area contributed by atoms with Gasteiger partial charge in [-0.25, -0.2) is 13.4 Å². The number of aliphatic hydroxyl groups excluding tert-OH is 1. The molecule has 0 radical (unpaired) electrons. The number of benzene rings is 2. The molecule has 10 heteroatoms. The molecule has 0 fully saturated rings. The lowest BCUT2D eigenvalue weighted by atomic mass is 9.87. The van der Waals surface area contributed by atoms with Crippen LogP contribution in [0.25, 0.3) is 0 Å². The number of nitrogens with zero attached hydrogens (tertiary/aromatic N) is 2. The van der Waals surface area contributed by atoms with Gasteiger partial charge >= 0.3 is 0 Å². The Balaban J connectivity index is 2.08. The third-order valence-electron chi connectivity index (χ3n) is 5.07. The summed E-state index contributed by atoms with van der Waals surface area (Å²) in [5.74, 6) is 0.938. The number of nitrogens with one attached hydrogen (secondary N) is 1. The fraction of sp³-hybridized carbons (Fsp3) is 0.360. The van der Waals surface area contributed by atoms with Crippen molar-refractivity contribution in [3.8, 4) is 23.1 Å². The molecule has 2 aromatic carbocycles. The van der Waals surface area contributed by atoms with E-state index in [0.29, 0.717) is 23.7 Å². The summed E-state index contributed by atoms with van der Waals surface area (Å²) in [5, 5.41) is 9.26. The van der Waals surface area contributed by atoms with Gasteiger partial charge in [0, 0.05) is 6.42 Å². The second-order valence-corrected chi connectivity index (χ2v) is 10.4. The van der Waals surface area contributed by atoms with Gasteiger partial charge < -0.3 is 19.3 Å². The van der Waals surface area contributed by atoms with Crippen LogP contribution in [0.2, 0.25) is 0 Å². The zero-order chi connectivity index (χ0) is 25.6. The Morgan fingerprint density at radius 3 is 2.23 bits per heavy atom. The van der Waals surface area contributed by atoms with Crippen molar-refractivity contribution < 1.29 is 27.7 Å². The van der Waals surface area contributed by atoms with Gasteiger partial charge in [0.05, 0.1) is 18.6 Å². The highest BCUT2D eigenvalue weighted by Gasteiger charge is 2.25. The lowest BCUT2D eigenvalue weighted by Gasteiger charge is -2.20. The topological polar surface area (TPSA) is 120 Å². The molecule has 0 atom stereocenters. The lowest BCUT2D eigenvalue weighted by molar-refractivity contribution is 0.192. The van der Waals surface area contributed by atoms with E-state index in [1.54, 1.807) is 48.5 Å². The van der Waals surface area contributed by atoms with E-state index in [1.165, 1.54) is 7.11 Å². The number of methoxy groups -OCH3 is 1. The predicted octanol–water partition coefficient (Wildman–Crippen LogP) is 4.31. The summed E-state index contributed by atoms with van der Waals surface area (Å²) in [6.07, 6.45) is 0.416. The molecule has 0 saturated heterocycles. The van der Waals surface area contributed by atoms with Gasteiger partial charge in [-0.1, -0.05) is 52.0 Å². The smallest absolute Gasteiger partial charge is 0.263 e. The molecule has 188 valence electrons. The third kappa shape index (κ3) is 6.40. The Kier molecular flexibility index (Phi) is 8.18. The number of rotatable bonds is 10. The van der Waals surface area contributed by atoms with Crippen molar-refractivity contribution in [3.05, 3.63) is 59.9 Å². The fourth-order valence-corrected chi connectivity index (χ4v) is 4.17. The van der Waals surface area contributed by atoms with E-state index < -0.39 is 10.0 Å². The molecule has 1 aromatic heterocycles. The first-order valence-corrected chi connectivity index (χ1v) is 12.7. The molecule has 0 aliphatic heterocycles. The van der Waals surface area contributed by atoms with Crippen LogP contribution in [-0.2, 0) is 21.9 Å². The van der Waals surface area contributed by atoms with Crippen LogP contribution in [-0.4, -0.2) is 43.8 Å². The van der Waals surface area contributed by atoms with E-state index in [-0.39, 0.29) is 41.0 Å². The van der Waals surface area contributed by atoms with Crippen LogP contribution in [0.4, 0.5) is 5.82 Å². The summed E-state index contributed by atoms with van der Waals surface area (Å²) in [7, 11) is -2.53. The Morgan fingerprint density at radius 2 is 1.66 bits per heavy atom. The maximum Gasteiger partial charge on any atom is 0.263 e. The summed E-state index contributed by atoms with van der Waals surface area (Å²) < 4.78 is 46.0. The first kappa shape index (κ1) is 26.2. The molecule has 2 N–H and O–H groups in total.